The second-order valence-electron chi connectivity index (χ2n) is 18.5. The van der Waals surface area contributed by atoms with Gasteiger partial charge < -0.3 is 9.47 Å². The molecule has 0 saturated heterocycles. The van der Waals surface area contributed by atoms with E-state index in [1.54, 1.807) is 0 Å². The number of hydrogen-bond acceptors (Lipinski definition) is 1. The lowest BCUT2D eigenvalue weighted by molar-refractivity contribution is 0.660. The van der Waals surface area contributed by atoms with Gasteiger partial charge in [-0.15, -0.1) is 0 Å². The van der Waals surface area contributed by atoms with E-state index in [4.69, 9.17) is 0 Å². The van der Waals surface area contributed by atoms with E-state index in [0.717, 1.165) is 22.7 Å². The van der Waals surface area contributed by atoms with E-state index < -0.39 is 0 Å². The van der Waals surface area contributed by atoms with Gasteiger partial charge in [-0.25, -0.2) is 0 Å². The number of fused-ring (bicyclic) bond motifs is 9. The topological polar surface area (TPSA) is 8.17 Å². The first kappa shape index (κ1) is 39.0. The standard InChI is InChI=1S/C65H46N2/c1-65(2)58-27-11-9-22-55(58)63-54(26-15-28-59(63)65)45-32-38-50(39-33-45)66(49-36-30-44(31-37-49)53-25-14-19-47-18-13-24-52(62(47)53)43-16-5-3-6-17-43)51-40-34-46-35-41-61-64(57(46)42-51)56-23-10-12-29-60(56)67(61)48-20-7-4-8-21-48/h3-42H,1-2H3. The zero-order chi connectivity index (χ0) is 44.6. The van der Waals surface area contributed by atoms with Crippen LogP contribution in [0.2, 0.25) is 0 Å². The van der Waals surface area contributed by atoms with Crippen LogP contribution in [-0.4, -0.2) is 4.57 Å². The molecule has 1 aromatic heterocycles. The van der Waals surface area contributed by atoms with Crippen molar-refractivity contribution in [3.8, 4) is 50.2 Å². The summed E-state index contributed by atoms with van der Waals surface area (Å²) in [6.07, 6.45) is 0. The minimum absolute atomic E-state index is 0.0606. The van der Waals surface area contributed by atoms with E-state index in [-0.39, 0.29) is 5.41 Å². The van der Waals surface area contributed by atoms with Crippen LogP contribution in [-0.2, 0) is 5.41 Å². The predicted octanol–water partition coefficient (Wildman–Crippen LogP) is 17.9. The van der Waals surface area contributed by atoms with Crippen molar-refractivity contribution in [2.45, 2.75) is 19.3 Å². The fourth-order valence-electron chi connectivity index (χ4n) is 11.2. The Hall–Kier alpha value is -8.46. The Kier molecular flexibility index (Phi) is 8.91. The fraction of sp³-hybridized carbons (Fsp3) is 0.0462. The Bertz CT molecular complexity index is 3850. The molecule has 12 aromatic rings. The summed E-state index contributed by atoms with van der Waals surface area (Å²) < 4.78 is 2.41. The third kappa shape index (κ3) is 6.18. The molecule has 2 nitrogen and oxygen atoms in total. The van der Waals surface area contributed by atoms with E-state index in [1.807, 2.05) is 0 Å². The summed E-state index contributed by atoms with van der Waals surface area (Å²) in [5.41, 5.74) is 19.6. The molecule has 0 spiro atoms. The molecule has 0 radical (unpaired) electrons. The lowest BCUT2D eigenvalue weighted by atomic mass is 9.82. The molecule has 67 heavy (non-hydrogen) atoms. The summed E-state index contributed by atoms with van der Waals surface area (Å²) >= 11 is 0. The molecular weight excluding hydrogens is 809 g/mol. The minimum Gasteiger partial charge on any atom is -0.310 e. The molecule has 0 bridgehead atoms. The van der Waals surface area contributed by atoms with Gasteiger partial charge in [0, 0.05) is 38.9 Å². The third-order valence-corrected chi connectivity index (χ3v) is 14.4. The van der Waals surface area contributed by atoms with Crippen molar-refractivity contribution >= 4 is 60.4 Å². The highest BCUT2D eigenvalue weighted by Gasteiger charge is 2.36. The first-order chi connectivity index (χ1) is 33.0. The maximum Gasteiger partial charge on any atom is 0.0547 e. The molecule has 0 saturated carbocycles. The van der Waals surface area contributed by atoms with Crippen molar-refractivity contribution in [3.63, 3.8) is 0 Å². The Morgan fingerprint density at radius 1 is 0.343 bits per heavy atom. The Morgan fingerprint density at radius 2 is 0.881 bits per heavy atom. The number of nitrogens with zero attached hydrogens (tertiary/aromatic N) is 2. The summed E-state index contributed by atoms with van der Waals surface area (Å²) in [6, 6.07) is 89.3. The van der Waals surface area contributed by atoms with Gasteiger partial charge >= 0.3 is 0 Å². The van der Waals surface area contributed by atoms with Crippen molar-refractivity contribution in [2.75, 3.05) is 4.90 Å². The lowest BCUT2D eigenvalue weighted by Gasteiger charge is -2.27. The van der Waals surface area contributed by atoms with Crippen LogP contribution in [0.3, 0.4) is 0 Å². The largest absolute Gasteiger partial charge is 0.310 e. The monoisotopic (exact) mass is 854 g/mol. The molecule has 0 atom stereocenters. The van der Waals surface area contributed by atoms with Gasteiger partial charge in [-0.3, -0.25) is 0 Å². The summed E-state index contributed by atoms with van der Waals surface area (Å²) in [4.78, 5) is 2.43. The summed E-state index contributed by atoms with van der Waals surface area (Å²) in [5, 5.41) is 7.44. The van der Waals surface area contributed by atoms with Crippen LogP contribution >= 0.6 is 0 Å². The number of anilines is 3. The highest BCUT2D eigenvalue weighted by molar-refractivity contribution is 6.22. The molecule has 0 N–H and O–H groups in total. The first-order valence-electron chi connectivity index (χ1n) is 23.3. The SMILES string of the molecule is CC1(C)c2ccccc2-c2c(-c3ccc(N(c4ccc(-c5cccc6cccc(-c7ccccc7)c56)cc4)c4ccc5ccc6c(c5c4)c4ccccc4n6-c4ccccc4)cc3)cccc21. The maximum absolute atomic E-state index is 2.43. The van der Waals surface area contributed by atoms with E-state index in [1.165, 1.54) is 99.0 Å². The first-order valence-corrected chi connectivity index (χ1v) is 23.3. The average molecular weight is 855 g/mol. The number of hydrogen-bond donors (Lipinski definition) is 0. The molecule has 0 aliphatic heterocycles. The van der Waals surface area contributed by atoms with Gasteiger partial charge in [0.05, 0.1) is 11.0 Å². The second-order valence-corrected chi connectivity index (χ2v) is 18.5. The average Bonchev–Trinajstić information content (AvgIpc) is 3.86. The van der Waals surface area contributed by atoms with Crippen molar-refractivity contribution in [3.05, 3.63) is 254 Å². The molecule has 2 heteroatoms. The third-order valence-electron chi connectivity index (χ3n) is 14.4. The van der Waals surface area contributed by atoms with Gasteiger partial charge in [0.1, 0.15) is 0 Å². The van der Waals surface area contributed by atoms with Crippen LogP contribution in [0, 0.1) is 0 Å². The van der Waals surface area contributed by atoms with Crippen LogP contribution in [0.1, 0.15) is 25.0 Å². The van der Waals surface area contributed by atoms with Crippen LogP contribution in [0.4, 0.5) is 17.1 Å². The van der Waals surface area contributed by atoms with Crippen LogP contribution in [0.25, 0.3) is 93.5 Å². The van der Waals surface area contributed by atoms with Gasteiger partial charge in [-0.05, 0) is 138 Å². The number of benzene rings is 11. The lowest BCUT2D eigenvalue weighted by Crippen LogP contribution is -2.14. The van der Waals surface area contributed by atoms with Gasteiger partial charge in [0.25, 0.3) is 0 Å². The Labute approximate surface area is 391 Å². The zero-order valence-electron chi connectivity index (χ0n) is 37.5. The van der Waals surface area contributed by atoms with Crippen LogP contribution in [0.15, 0.2) is 243 Å². The number of rotatable bonds is 7. The van der Waals surface area contributed by atoms with Crippen molar-refractivity contribution in [1.82, 2.24) is 4.57 Å². The smallest absolute Gasteiger partial charge is 0.0547 e. The van der Waals surface area contributed by atoms with Crippen molar-refractivity contribution in [1.29, 1.82) is 0 Å². The minimum atomic E-state index is -0.0606. The van der Waals surface area contributed by atoms with E-state index >= 15 is 0 Å². The quantitative estimate of drug-likeness (QED) is 0.155. The molecule has 11 aromatic carbocycles. The zero-order valence-corrected chi connectivity index (χ0v) is 37.5. The molecule has 316 valence electrons. The summed E-state index contributed by atoms with van der Waals surface area (Å²) in [6.45, 7) is 4.71. The highest BCUT2D eigenvalue weighted by Crippen LogP contribution is 2.52. The van der Waals surface area contributed by atoms with E-state index in [9.17, 15) is 0 Å². The molecule has 1 aliphatic rings. The van der Waals surface area contributed by atoms with Gasteiger partial charge in [0.2, 0.25) is 0 Å². The molecule has 0 fully saturated rings. The number of para-hydroxylation sites is 2. The molecule has 1 aliphatic carbocycles. The van der Waals surface area contributed by atoms with Crippen molar-refractivity contribution < 1.29 is 0 Å². The number of aromatic nitrogens is 1. The van der Waals surface area contributed by atoms with Gasteiger partial charge in [-0.2, -0.15) is 0 Å². The normalized spacial score (nSPS) is 12.7. The van der Waals surface area contributed by atoms with Crippen LogP contribution < -0.4 is 4.90 Å². The summed E-state index contributed by atoms with van der Waals surface area (Å²) in [5.74, 6) is 0. The second kappa shape index (κ2) is 15.3. The highest BCUT2D eigenvalue weighted by atomic mass is 15.1. The van der Waals surface area contributed by atoms with E-state index in [2.05, 4.69) is 266 Å². The maximum atomic E-state index is 2.43. The Morgan fingerprint density at radius 3 is 1.61 bits per heavy atom. The van der Waals surface area contributed by atoms with Gasteiger partial charge in [0.15, 0.2) is 0 Å². The van der Waals surface area contributed by atoms with E-state index in [0.29, 0.717) is 0 Å². The van der Waals surface area contributed by atoms with Crippen LogP contribution in [0.5, 0.6) is 0 Å². The molecule has 0 amide bonds. The molecular formula is C65H46N2. The van der Waals surface area contributed by atoms with Crippen molar-refractivity contribution in [2.24, 2.45) is 0 Å². The predicted molar refractivity (Wildman–Crippen MR) is 284 cm³/mol. The molecule has 1 heterocycles. The molecule has 0 unspecified atom stereocenters. The molecule has 13 rings (SSSR count). The van der Waals surface area contributed by atoms with Gasteiger partial charge in [-0.1, -0.05) is 196 Å². The Balaban J connectivity index is 0.984. The summed E-state index contributed by atoms with van der Waals surface area (Å²) in [7, 11) is 0. The fourth-order valence-corrected chi connectivity index (χ4v) is 11.2.